The Kier molecular flexibility index (Phi) is 7.63. The molecule has 1 saturated heterocycles. The lowest BCUT2D eigenvalue weighted by Crippen LogP contribution is -2.48. The van der Waals surface area contributed by atoms with Gasteiger partial charge in [-0.25, -0.2) is 24.3 Å². The molecule has 0 atom stereocenters. The van der Waals surface area contributed by atoms with Crippen molar-refractivity contribution >= 4 is 22.8 Å². The van der Waals surface area contributed by atoms with Crippen molar-refractivity contribution in [3.05, 3.63) is 58.9 Å². The number of hydrogen-bond donors (Lipinski definition) is 1. The number of imidazole rings is 1. The Morgan fingerprint density at radius 2 is 1.72 bits per heavy atom. The van der Waals surface area contributed by atoms with Crippen molar-refractivity contribution in [3.63, 3.8) is 0 Å². The number of piperidine rings is 1. The van der Waals surface area contributed by atoms with Gasteiger partial charge in [0.15, 0.2) is 5.82 Å². The summed E-state index contributed by atoms with van der Waals surface area (Å²) < 4.78 is 17.6. The first-order valence-corrected chi connectivity index (χ1v) is 16.1. The van der Waals surface area contributed by atoms with E-state index in [9.17, 15) is 0 Å². The fraction of sp³-hybridized carbons (Fsp3) is 0.529. The number of halogens is 1. The number of fused-ring (bicyclic) bond motifs is 2. The number of benzene rings is 1. The molecule has 0 amide bonds. The molecule has 1 aliphatic carbocycles. The quantitative estimate of drug-likeness (QED) is 0.270. The van der Waals surface area contributed by atoms with E-state index in [0.717, 1.165) is 66.0 Å². The molecule has 0 spiro atoms. The molecule has 1 N–H and O–H groups in total. The molecule has 3 aliphatic rings. The first-order valence-electron chi connectivity index (χ1n) is 16.1. The van der Waals surface area contributed by atoms with Crippen LogP contribution in [0.3, 0.4) is 0 Å². The highest BCUT2D eigenvalue weighted by molar-refractivity contribution is 5.85. The second-order valence-corrected chi connectivity index (χ2v) is 13.0. The molecular weight excluding hydrogens is 539 g/mol. The van der Waals surface area contributed by atoms with E-state index >= 15 is 4.39 Å². The minimum atomic E-state index is -0.439. The highest BCUT2D eigenvalue weighted by Crippen LogP contribution is 2.36. The van der Waals surface area contributed by atoms with Crippen LogP contribution in [0.1, 0.15) is 81.1 Å². The van der Waals surface area contributed by atoms with E-state index in [2.05, 4.69) is 56.5 Å². The van der Waals surface area contributed by atoms with Crippen LogP contribution in [0, 0.1) is 19.7 Å². The van der Waals surface area contributed by atoms with Gasteiger partial charge in [-0.2, -0.15) is 0 Å². The molecule has 8 nitrogen and oxygen atoms in total. The van der Waals surface area contributed by atoms with Gasteiger partial charge in [-0.05, 0) is 95.8 Å². The molecule has 43 heavy (non-hydrogen) atoms. The number of hydrogen-bond acceptors (Lipinski definition) is 7. The summed E-state index contributed by atoms with van der Waals surface area (Å²) in [7, 11) is 0. The van der Waals surface area contributed by atoms with Crippen LogP contribution in [-0.4, -0.2) is 66.0 Å². The molecular formula is C34H43FN8. The topological polar surface area (TPSA) is 75.0 Å². The zero-order chi connectivity index (χ0) is 29.7. The van der Waals surface area contributed by atoms with E-state index in [0.29, 0.717) is 29.9 Å². The number of likely N-dealkylation sites (tertiary alicyclic amines) is 1. The molecule has 1 aromatic carbocycles. The van der Waals surface area contributed by atoms with Gasteiger partial charge >= 0.3 is 0 Å². The van der Waals surface area contributed by atoms with Crippen molar-refractivity contribution in [2.45, 2.75) is 97.3 Å². The van der Waals surface area contributed by atoms with Gasteiger partial charge in [0.1, 0.15) is 17.3 Å². The van der Waals surface area contributed by atoms with E-state index in [1.807, 2.05) is 25.1 Å². The van der Waals surface area contributed by atoms with Gasteiger partial charge in [-0.1, -0.05) is 18.9 Å². The summed E-state index contributed by atoms with van der Waals surface area (Å²) in [6.45, 7) is 13.1. The summed E-state index contributed by atoms with van der Waals surface area (Å²) in [4.78, 5) is 23.9. The number of nitrogens with zero attached hydrogens (tertiary/aromatic N) is 7. The maximum atomic E-state index is 15.2. The number of anilines is 2. The SMILES string of the molecule is Cc1cc(-c2nc(Nc3ccc4c(n3)CCN(C3CCN(C(C)C)CC3)C4)ncc2F)cc2c1nc(C)n2C1CCCC1. The van der Waals surface area contributed by atoms with Crippen molar-refractivity contribution in [1.29, 1.82) is 0 Å². The van der Waals surface area contributed by atoms with Gasteiger partial charge in [-0.3, -0.25) is 4.90 Å². The molecule has 0 radical (unpaired) electrons. The second kappa shape index (κ2) is 11.6. The second-order valence-electron chi connectivity index (χ2n) is 13.0. The molecule has 2 fully saturated rings. The first-order chi connectivity index (χ1) is 20.8. The van der Waals surface area contributed by atoms with Crippen LogP contribution in [0.2, 0.25) is 0 Å². The zero-order valence-electron chi connectivity index (χ0n) is 25.9. The Bertz CT molecular complexity index is 1630. The van der Waals surface area contributed by atoms with Crippen LogP contribution in [0.15, 0.2) is 30.5 Å². The fourth-order valence-electron chi connectivity index (χ4n) is 7.57. The number of nitrogens with one attached hydrogen (secondary N) is 1. The number of aromatic nitrogens is 5. The van der Waals surface area contributed by atoms with Crippen LogP contribution < -0.4 is 5.32 Å². The van der Waals surface area contributed by atoms with Crippen LogP contribution in [0.25, 0.3) is 22.3 Å². The highest BCUT2D eigenvalue weighted by Gasteiger charge is 2.29. The van der Waals surface area contributed by atoms with Gasteiger partial charge in [0.05, 0.1) is 17.2 Å². The monoisotopic (exact) mass is 582 g/mol. The predicted octanol–water partition coefficient (Wildman–Crippen LogP) is 6.73. The number of pyridine rings is 1. The molecule has 3 aromatic heterocycles. The van der Waals surface area contributed by atoms with E-state index in [1.54, 1.807) is 0 Å². The Morgan fingerprint density at radius 3 is 2.49 bits per heavy atom. The van der Waals surface area contributed by atoms with E-state index in [-0.39, 0.29) is 5.69 Å². The van der Waals surface area contributed by atoms with Gasteiger partial charge in [0.2, 0.25) is 5.95 Å². The zero-order valence-corrected chi connectivity index (χ0v) is 25.9. The summed E-state index contributed by atoms with van der Waals surface area (Å²) in [5.74, 6) is 1.62. The Labute approximate surface area is 253 Å². The standard InChI is InChI=1S/C34H43FN8/c1-21(2)41-14-11-26(12-15-41)42-16-13-29-24(20-42)9-10-31(38-29)39-34-36-19-28(35)33(40-34)25-17-22(3)32-30(18-25)43(23(4)37-32)27-7-5-6-8-27/h9-10,17-19,21,26-27H,5-8,11-16,20H2,1-4H3,(H,36,38,39,40). The largest absolute Gasteiger partial charge is 0.325 e. The lowest BCUT2D eigenvalue weighted by atomic mass is 9.97. The van der Waals surface area contributed by atoms with Crippen LogP contribution >= 0.6 is 0 Å². The maximum Gasteiger partial charge on any atom is 0.229 e. The average molecular weight is 583 g/mol. The molecule has 7 rings (SSSR count). The summed E-state index contributed by atoms with van der Waals surface area (Å²) >= 11 is 0. The average Bonchev–Trinajstić information content (AvgIpc) is 3.65. The summed E-state index contributed by atoms with van der Waals surface area (Å²) in [5.41, 5.74) is 6.51. The Hall–Kier alpha value is -3.43. The van der Waals surface area contributed by atoms with Crippen molar-refractivity contribution in [2.24, 2.45) is 0 Å². The van der Waals surface area contributed by atoms with Crippen molar-refractivity contribution in [1.82, 2.24) is 34.3 Å². The molecule has 226 valence electrons. The summed E-state index contributed by atoms with van der Waals surface area (Å²) in [5, 5.41) is 3.26. The van der Waals surface area contributed by atoms with Crippen LogP contribution in [0.4, 0.5) is 16.2 Å². The minimum absolute atomic E-state index is 0.288. The molecule has 0 unspecified atom stereocenters. The van der Waals surface area contributed by atoms with Crippen LogP contribution in [-0.2, 0) is 13.0 Å². The number of aryl methyl sites for hydroxylation is 2. The third-order valence-electron chi connectivity index (χ3n) is 9.93. The molecule has 5 heterocycles. The summed E-state index contributed by atoms with van der Waals surface area (Å²) in [6.07, 6.45) is 9.46. The van der Waals surface area contributed by atoms with Gasteiger partial charge in [0, 0.05) is 48.9 Å². The maximum absolute atomic E-state index is 15.2. The lowest BCUT2D eigenvalue weighted by molar-refractivity contribution is 0.0834. The Morgan fingerprint density at radius 1 is 0.930 bits per heavy atom. The van der Waals surface area contributed by atoms with Crippen molar-refractivity contribution in [3.8, 4) is 11.3 Å². The normalized spacial score (nSPS) is 19.0. The van der Waals surface area contributed by atoms with E-state index in [4.69, 9.17) is 9.97 Å². The minimum Gasteiger partial charge on any atom is -0.325 e. The fourth-order valence-corrected chi connectivity index (χ4v) is 7.57. The van der Waals surface area contributed by atoms with Crippen molar-refractivity contribution in [2.75, 3.05) is 25.0 Å². The highest BCUT2D eigenvalue weighted by atomic mass is 19.1. The third-order valence-corrected chi connectivity index (χ3v) is 9.93. The molecule has 9 heteroatoms. The van der Waals surface area contributed by atoms with Crippen LogP contribution in [0.5, 0.6) is 0 Å². The molecule has 1 saturated carbocycles. The van der Waals surface area contributed by atoms with E-state index < -0.39 is 5.82 Å². The van der Waals surface area contributed by atoms with Crippen molar-refractivity contribution < 1.29 is 4.39 Å². The molecule has 4 aromatic rings. The van der Waals surface area contributed by atoms with E-state index in [1.165, 1.54) is 50.5 Å². The predicted molar refractivity (Wildman–Crippen MR) is 169 cm³/mol. The molecule has 0 bridgehead atoms. The van der Waals surface area contributed by atoms with Gasteiger partial charge in [-0.15, -0.1) is 0 Å². The lowest BCUT2D eigenvalue weighted by Gasteiger charge is -2.41. The Balaban J connectivity index is 1.10. The van der Waals surface area contributed by atoms with Gasteiger partial charge in [0.25, 0.3) is 0 Å². The third kappa shape index (κ3) is 5.53. The first kappa shape index (κ1) is 28.3. The smallest absolute Gasteiger partial charge is 0.229 e. The van der Waals surface area contributed by atoms with Gasteiger partial charge < -0.3 is 14.8 Å². The summed E-state index contributed by atoms with van der Waals surface area (Å²) in [6, 6.07) is 9.93. The molecule has 2 aliphatic heterocycles. The number of rotatable bonds is 6.